The molecule has 19 heavy (non-hydrogen) atoms. The maximum Gasteiger partial charge on any atom is 0.410 e. The second-order valence-electron chi connectivity index (χ2n) is 5.67. The predicted molar refractivity (Wildman–Crippen MR) is 75.3 cm³/mol. The third kappa shape index (κ3) is 2.77. The molecule has 0 radical (unpaired) electrons. The van der Waals surface area contributed by atoms with Gasteiger partial charge in [-0.2, -0.15) is 11.3 Å². The summed E-state index contributed by atoms with van der Waals surface area (Å²) in [6.07, 6.45) is 2.88. The van der Waals surface area contributed by atoms with Crippen molar-refractivity contribution in [1.82, 2.24) is 9.80 Å². The Balaban J connectivity index is 1.61. The molecule has 3 heterocycles. The zero-order valence-corrected chi connectivity index (χ0v) is 12.1. The van der Waals surface area contributed by atoms with Crippen LogP contribution in [0.1, 0.15) is 24.8 Å². The number of likely N-dealkylation sites (N-methyl/N-ethyl adjacent to an activating group) is 1. The molecule has 0 N–H and O–H groups in total. The number of amides is 1. The molecule has 1 aromatic heterocycles. The molecule has 0 saturated carbocycles. The van der Waals surface area contributed by atoms with Crippen LogP contribution >= 0.6 is 11.3 Å². The fourth-order valence-electron chi connectivity index (χ4n) is 3.07. The lowest BCUT2D eigenvalue weighted by Gasteiger charge is -2.25. The number of hydrogen-bond acceptors (Lipinski definition) is 4. The molecular formula is C14H20N2O2S. The smallest absolute Gasteiger partial charge is 0.410 e. The van der Waals surface area contributed by atoms with E-state index in [0.29, 0.717) is 0 Å². The standard InChI is InChI=1S/C14H20N2O2S/c1-15-11-14(18-13(15)17)4-2-6-16(7-5-14)9-12-3-8-19-10-12/h3,8,10H,2,4-7,9,11H2,1H3/t14-/m0/s1. The zero-order valence-electron chi connectivity index (χ0n) is 11.3. The Labute approximate surface area is 118 Å². The summed E-state index contributed by atoms with van der Waals surface area (Å²) in [6, 6.07) is 2.19. The number of carbonyl (C=O) groups is 1. The van der Waals surface area contributed by atoms with Gasteiger partial charge < -0.3 is 9.64 Å². The summed E-state index contributed by atoms with van der Waals surface area (Å²) in [5, 5.41) is 4.34. The van der Waals surface area contributed by atoms with Crippen LogP contribution < -0.4 is 0 Å². The molecule has 3 rings (SSSR count). The van der Waals surface area contributed by atoms with Crippen LogP contribution in [-0.4, -0.2) is 48.2 Å². The molecule has 0 aromatic carbocycles. The van der Waals surface area contributed by atoms with Crippen molar-refractivity contribution in [2.24, 2.45) is 0 Å². The minimum atomic E-state index is -0.227. The first kappa shape index (κ1) is 12.9. The van der Waals surface area contributed by atoms with Gasteiger partial charge in [0.05, 0.1) is 6.54 Å². The summed E-state index contributed by atoms with van der Waals surface area (Å²) < 4.78 is 5.63. The molecule has 2 saturated heterocycles. The fourth-order valence-corrected chi connectivity index (χ4v) is 3.73. The molecule has 1 amide bonds. The third-order valence-electron chi connectivity index (χ3n) is 4.12. The summed E-state index contributed by atoms with van der Waals surface area (Å²) >= 11 is 1.75. The first-order valence-corrected chi connectivity index (χ1v) is 7.79. The van der Waals surface area contributed by atoms with Crippen molar-refractivity contribution in [1.29, 1.82) is 0 Å². The number of ether oxygens (including phenoxy) is 1. The van der Waals surface area contributed by atoms with Crippen LogP contribution in [0.5, 0.6) is 0 Å². The molecule has 4 nitrogen and oxygen atoms in total. The first-order valence-electron chi connectivity index (χ1n) is 6.84. The average Bonchev–Trinajstić information content (AvgIpc) is 2.91. The largest absolute Gasteiger partial charge is 0.441 e. The van der Waals surface area contributed by atoms with E-state index in [1.807, 2.05) is 7.05 Å². The summed E-state index contributed by atoms with van der Waals surface area (Å²) in [5.41, 5.74) is 1.16. The van der Waals surface area contributed by atoms with Crippen molar-refractivity contribution in [2.45, 2.75) is 31.4 Å². The minimum absolute atomic E-state index is 0.161. The van der Waals surface area contributed by atoms with Gasteiger partial charge in [0, 0.05) is 26.6 Å². The van der Waals surface area contributed by atoms with Gasteiger partial charge in [0.1, 0.15) is 5.60 Å². The van der Waals surface area contributed by atoms with E-state index in [4.69, 9.17) is 4.74 Å². The van der Waals surface area contributed by atoms with Gasteiger partial charge in [-0.3, -0.25) is 4.90 Å². The topological polar surface area (TPSA) is 32.8 Å². The SMILES string of the molecule is CN1C[C@@]2(CCCN(Cc3ccsc3)CC2)OC1=O. The molecule has 2 fully saturated rings. The third-order valence-corrected chi connectivity index (χ3v) is 4.85. The van der Waals surface area contributed by atoms with E-state index in [9.17, 15) is 4.79 Å². The lowest BCUT2D eigenvalue weighted by atomic mass is 9.95. The number of thiophene rings is 1. The quantitative estimate of drug-likeness (QED) is 0.834. The van der Waals surface area contributed by atoms with Crippen molar-refractivity contribution in [3.8, 4) is 0 Å². The van der Waals surface area contributed by atoms with Crippen LogP contribution in [-0.2, 0) is 11.3 Å². The highest BCUT2D eigenvalue weighted by molar-refractivity contribution is 7.07. The number of likely N-dealkylation sites (tertiary alicyclic amines) is 1. The van der Waals surface area contributed by atoms with Gasteiger partial charge in [0.2, 0.25) is 0 Å². The van der Waals surface area contributed by atoms with E-state index < -0.39 is 0 Å². The van der Waals surface area contributed by atoms with Crippen LogP contribution in [0, 0.1) is 0 Å². The van der Waals surface area contributed by atoms with E-state index in [-0.39, 0.29) is 11.7 Å². The number of hydrogen-bond donors (Lipinski definition) is 0. The molecule has 2 aliphatic heterocycles. The fraction of sp³-hybridized carbons (Fsp3) is 0.643. The molecule has 2 aliphatic rings. The monoisotopic (exact) mass is 280 g/mol. The van der Waals surface area contributed by atoms with Gasteiger partial charge in [-0.1, -0.05) is 0 Å². The van der Waals surface area contributed by atoms with Crippen LogP contribution in [0.2, 0.25) is 0 Å². The Kier molecular flexibility index (Phi) is 3.50. The molecular weight excluding hydrogens is 260 g/mol. The Bertz CT molecular complexity index is 448. The number of rotatable bonds is 2. The molecule has 5 heteroatoms. The maximum atomic E-state index is 11.6. The highest BCUT2D eigenvalue weighted by Gasteiger charge is 2.44. The number of nitrogens with zero attached hydrogens (tertiary/aromatic N) is 2. The predicted octanol–water partition coefficient (Wildman–Crippen LogP) is 2.55. The van der Waals surface area contributed by atoms with E-state index in [1.165, 1.54) is 5.56 Å². The van der Waals surface area contributed by atoms with Crippen LogP contribution in [0.15, 0.2) is 16.8 Å². The first-order chi connectivity index (χ1) is 9.17. The molecule has 1 atom stereocenters. The van der Waals surface area contributed by atoms with E-state index in [1.54, 1.807) is 16.2 Å². The minimum Gasteiger partial charge on any atom is -0.441 e. The average molecular weight is 280 g/mol. The van der Waals surface area contributed by atoms with E-state index in [2.05, 4.69) is 21.7 Å². The van der Waals surface area contributed by atoms with Gasteiger partial charge in [-0.25, -0.2) is 4.79 Å². The molecule has 1 spiro atoms. The molecule has 0 bridgehead atoms. The van der Waals surface area contributed by atoms with Crippen LogP contribution in [0.25, 0.3) is 0 Å². The van der Waals surface area contributed by atoms with Gasteiger partial charge in [-0.05, 0) is 41.8 Å². The molecule has 0 aliphatic carbocycles. The zero-order chi connectivity index (χ0) is 13.3. The van der Waals surface area contributed by atoms with Crippen molar-refractivity contribution in [3.05, 3.63) is 22.4 Å². The lowest BCUT2D eigenvalue weighted by Crippen LogP contribution is -2.35. The number of carbonyl (C=O) groups excluding carboxylic acids is 1. The Morgan fingerprint density at radius 3 is 3.00 bits per heavy atom. The van der Waals surface area contributed by atoms with Crippen LogP contribution in [0.3, 0.4) is 0 Å². The van der Waals surface area contributed by atoms with Crippen molar-refractivity contribution < 1.29 is 9.53 Å². The van der Waals surface area contributed by atoms with Gasteiger partial charge in [0.15, 0.2) is 0 Å². The second kappa shape index (κ2) is 5.13. The Hall–Kier alpha value is -1.07. The lowest BCUT2D eigenvalue weighted by molar-refractivity contribution is 0.0443. The summed E-state index contributed by atoms with van der Waals surface area (Å²) in [5.74, 6) is 0. The van der Waals surface area contributed by atoms with E-state index in [0.717, 1.165) is 45.4 Å². The highest BCUT2D eigenvalue weighted by atomic mass is 32.1. The maximum absolute atomic E-state index is 11.6. The molecule has 1 aromatic rings. The summed E-state index contributed by atoms with van der Waals surface area (Å²) in [6.45, 7) is 3.87. The van der Waals surface area contributed by atoms with Crippen molar-refractivity contribution >= 4 is 17.4 Å². The normalized spacial score (nSPS) is 28.7. The second-order valence-corrected chi connectivity index (χ2v) is 6.45. The molecule has 0 unspecified atom stereocenters. The summed E-state index contributed by atoms with van der Waals surface area (Å²) in [4.78, 5) is 15.8. The van der Waals surface area contributed by atoms with Gasteiger partial charge in [-0.15, -0.1) is 0 Å². The highest BCUT2D eigenvalue weighted by Crippen LogP contribution is 2.32. The van der Waals surface area contributed by atoms with Gasteiger partial charge >= 0.3 is 6.09 Å². The van der Waals surface area contributed by atoms with Crippen molar-refractivity contribution in [2.75, 3.05) is 26.7 Å². The van der Waals surface area contributed by atoms with Crippen LogP contribution in [0.4, 0.5) is 4.79 Å². The van der Waals surface area contributed by atoms with E-state index >= 15 is 0 Å². The summed E-state index contributed by atoms with van der Waals surface area (Å²) in [7, 11) is 1.82. The van der Waals surface area contributed by atoms with Crippen molar-refractivity contribution in [3.63, 3.8) is 0 Å². The Morgan fingerprint density at radius 1 is 1.42 bits per heavy atom. The molecule has 104 valence electrons. The Morgan fingerprint density at radius 2 is 2.32 bits per heavy atom. The van der Waals surface area contributed by atoms with Gasteiger partial charge in [0.25, 0.3) is 0 Å².